The van der Waals surface area contributed by atoms with Gasteiger partial charge in [-0.3, -0.25) is 14.7 Å². The Kier molecular flexibility index (Phi) is 7.99. The molecular weight excluding hydrogens is 477 g/mol. The van der Waals surface area contributed by atoms with Crippen LogP contribution in [0.4, 0.5) is 5.69 Å². The zero-order chi connectivity index (χ0) is 18.3. The number of benzene rings is 2. The van der Waals surface area contributed by atoms with Crippen LogP contribution < -0.4 is 10.2 Å². The predicted molar refractivity (Wildman–Crippen MR) is 107 cm³/mol. The maximum absolute atomic E-state index is 12.7. The van der Waals surface area contributed by atoms with Crippen LogP contribution in [0.3, 0.4) is 0 Å². The molecule has 0 radical (unpaired) electrons. The van der Waals surface area contributed by atoms with E-state index in [0.717, 1.165) is 5.39 Å². The maximum Gasteiger partial charge on any atom is 0.341 e. The fraction of sp³-hybridized carbons (Fsp3) is 0.333. The molecule has 0 aliphatic rings. The summed E-state index contributed by atoms with van der Waals surface area (Å²) in [5.41, 5.74) is 0.751. The number of non-ortho nitro benzene ring substituents is 1. The third-order valence-electron chi connectivity index (χ3n) is 3.36. The van der Waals surface area contributed by atoms with E-state index in [-0.39, 0.29) is 12.3 Å². The van der Waals surface area contributed by atoms with Crippen LogP contribution in [0.15, 0.2) is 36.4 Å². The summed E-state index contributed by atoms with van der Waals surface area (Å²) < 4.78 is 18.3. The molecule has 10 heteroatoms. The van der Waals surface area contributed by atoms with Crippen LogP contribution in [-0.2, 0) is 15.7 Å². The topological polar surface area (TPSA) is 93.5 Å². The molecule has 0 unspecified atom stereocenters. The maximum atomic E-state index is 12.7. The number of alkyl halides is 2. The van der Waals surface area contributed by atoms with Gasteiger partial charge in [-0.1, -0.05) is 56.1 Å². The van der Waals surface area contributed by atoms with Gasteiger partial charge in [0.05, 0.1) is 16.9 Å². The number of nitro groups is 1. The van der Waals surface area contributed by atoms with Crippen LogP contribution in [0.2, 0.25) is 0 Å². The van der Waals surface area contributed by atoms with Gasteiger partial charge >= 0.3 is 7.67 Å². The number of rotatable bonds is 10. The van der Waals surface area contributed by atoms with E-state index in [0.29, 0.717) is 34.7 Å². The average molecular weight is 495 g/mol. The van der Waals surface area contributed by atoms with Crippen LogP contribution in [0.25, 0.3) is 10.8 Å². The number of nitrogens with zero attached hydrogens (tertiary/aromatic N) is 1. The lowest BCUT2D eigenvalue weighted by Crippen LogP contribution is -2.26. The van der Waals surface area contributed by atoms with Crippen molar-refractivity contribution < 1.29 is 14.0 Å². The molecule has 0 saturated carbocycles. The molecule has 0 spiro atoms. The average Bonchev–Trinajstić information content (AvgIpc) is 2.62. The molecule has 2 aromatic rings. The molecule has 0 saturated heterocycles. The van der Waals surface area contributed by atoms with E-state index in [1.54, 1.807) is 18.2 Å². The van der Waals surface area contributed by atoms with E-state index >= 15 is 0 Å². The van der Waals surface area contributed by atoms with Gasteiger partial charge in [-0.25, -0.2) is 10.2 Å². The van der Waals surface area contributed by atoms with E-state index in [2.05, 4.69) is 42.0 Å². The summed E-state index contributed by atoms with van der Waals surface area (Å²) >= 11 is 6.55. The lowest BCUT2D eigenvalue weighted by molar-refractivity contribution is -0.383. The van der Waals surface area contributed by atoms with Crippen LogP contribution in [0.5, 0.6) is 0 Å². The molecule has 0 atom stereocenters. The normalized spacial score (nSPS) is 11.8. The van der Waals surface area contributed by atoms with E-state index in [1.165, 1.54) is 6.07 Å². The third kappa shape index (κ3) is 5.84. The van der Waals surface area contributed by atoms with Crippen molar-refractivity contribution in [3.63, 3.8) is 0 Å². The monoisotopic (exact) mass is 493 g/mol. The zero-order valence-corrected chi connectivity index (χ0v) is 17.3. The van der Waals surface area contributed by atoms with Gasteiger partial charge < -0.3 is 4.52 Å². The van der Waals surface area contributed by atoms with Gasteiger partial charge in [-0.05, 0) is 17.0 Å². The van der Waals surface area contributed by atoms with Crippen molar-refractivity contribution in [2.75, 3.05) is 23.7 Å². The van der Waals surface area contributed by atoms with Crippen LogP contribution in [0, 0.1) is 10.1 Å². The molecule has 2 N–H and O–H groups in total. The van der Waals surface area contributed by atoms with Crippen molar-refractivity contribution >= 4 is 56.0 Å². The van der Waals surface area contributed by atoms with Crippen molar-refractivity contribution in [2.45, 2.75) is 6.61 Å². The largest absolute Gasteiger partial charge is 0.341 e. The van der Waals surface area contributed by atoms with E-state index in [9.17, 15) is 14.7 Å². The molecule has 0 bridgehead atoms. The van der Waals surface area contributed by atoms with Crippen molar-refractivity contribution in [3.05, 3.63) is 52.1 Å². The van der Waals surface area contributed by atoms with Crippen molar-refractivity contribution in [1.29, 1.82) is 0 Å². The molecule has 7 nitrogen and oxygen atoms in total. The first kappa shape index (κ1) is 20.5. The second-order valence-electron chi connectivity index (χ2n) is 5.11. The van der Waals surface area contributed by atoms with Gasteiger partial charge in [0.15, 0.2) is 0 Å². The Balaban J connectivity index is 2.19. The first-order chi connectivity index (χ1) is 12.0. The summed E-state index contributed by atoms with van der Waals surface area (Å²) in [4.78, 5) is 10.8. The molecule has 0 amide bonds. The van der Waals surface area contributed by atoms with Gasteiger partial charge in [-0.15, -0.1) is 0 Å². The summed E-state index contributed by atoms with van der Waals surface area (Å²) in [6.07, 6.45) is 0. The number of hydrogen-bond donors (Lipinski definition) is 2. The van der Waals surface area contributed by atoms with Gasteiger partial charge in [-0.2, -0.15) is 0 Å². The third-order valence-corrected chi connectivity index (χ3v) is 5.93. The standard InChI is InChI=1S/C15H18Br2N3O4P/c16-6-8-18-25(23,19-9-7-17)24-11-12-4-5-13-2-1-3-15(20(21)22)14(13)10-12/h1-5,10H,6-9,11H2,(H2,18,19,23). The molecule has 0 aliphatic carbocycles. The molecule has 0 fully saturated rings. The van der Waals surface area contributed by atoms with Gasteiger partial charge in [0, 0.05) is 29.8 Å². The van der Waals surface area contributed by atoms with Crippen LogP contribution in [0.1, 0.15) is 5.56 Å². The lowest BCUT2D eigenvalue weighted by atomic mass is 10.1. The van der Waals surface area contributed by atoms with Crippen LogP contribution in [-0.4, -0.2) is 28.7 Å². The molecule has 2 rings (SSSR count). The first-order valence-electron chi connectivity index (χ1n) is 7.52. The van der Waals surface area contributed by atoms with Gasteiger partial charge in [0.25, 0.3) is 5.69 Å². The Morgan fingerprint density at radius 3 is 2.40 bits per heavy atom. The molecule has 25 heavy (non-hydrogen) atoms. The Hall–Kier alpha value is -0.830. The van der Waals surface area contributed by atoms with Gasteiger partial charge in [0.1, 0.15) is 0 Å². The molecular formula is C15H18Br2N3O4P. The molecule has 0 aromatic heterocycles. The SMILES string of the molecule is O=[N+]([O-])c1cccc2ccc(COP(=O)(NCCBr)NCCBr)cc12. The molecule has 0 aliphatic heterocycles. The quantitative estimate of drug-likeness (QED) is 0.221. The Labute approximate surface area is 162 Å². The number of hydrogen-bond acceptors (Lipinski definition) is 4. The molecule has 2 aromatic carbocycles. The second kappa shape index (κ2) is 9.75. The number of nitro benzene ring substituents is 1. The summed E-state index contributed by atoms with van der Waals surface area (Å²) in [7, 11) is -3.20. The van der Waals surface area contributed by atoms with Crippen molar-refractivity contribution in [3.8, 4) is 0 Å². The fourth-order valence-corrected chi connectivity index (χ4v) is 4.69. The Bertz CT molecular complexity index is 778. The highest BCUT2D eigenvalue weighted by Gasteiger charge is 2.22. The minimum Gasteiger partial charge on any atom is -0.301 e. The number of fused-ring (bicyclic) bond motifs is 1. The highest BCUT2D eigenvalue weighted by atomic mass is 79.9. The molecule has 0 heterocycles. The lowest BCUT2D eigenvalue weighted by Gasteiger charge is -2.20. The minimum atomic E-state index is -3.20. The summed E-state index contributed by atoms with van der Waals surface area (Å²) in [5.74, 6) is 0. The van der Waals surface area contributed by atoms with Crippen molar-refractivity contribution in [2.24, 2.45) is 0 Å². The summed E-state index contributed by atoms with van der Waals surface area (Å²) in [5, 5.41) is 19.5. The van der Waals surface area contributed by atoms with Crippen molar-refractivity contribution in [1.82, 2.24) is 10.2 Å². The smallest absolute Gasteiger partial charge is 0.301 e. The molecule has 136 valence electrons. The fourth-order valence-electron chi connectivity index (χ4n) is 2.24. The van der Waals surface area contributed by atoms with E-state index < -0.39 is 12.6 Å². The van der Waals surface area contributed by atoms with Crippen LogP contribution >= 0.6 is 39.5 Å². The van der Waals surface area contributed by atoms with Gasteiger partial charge in [0.2, 0.25) is 0 Å². The van der Waals surface area contributed by atoms with E-state index in [1.807, 2.05) is 12.1 Å². The van der Waals surface area contributed by atoms with E-state index in [4.69, 9.17) is 4.52 Å². The number of nitrogens with one attached hydrogen (secondary N) is 2. The Morgan fingerprint density at radius 2 is 1.80 bits per heavy atom. The minimum absolute atomic E-state index is 0.0392. The highest BCUT2D eigenvalue weighted by molar-refractivity contribution is 9.09. The summed E-state index contributed by atoms with van der Waals surface area (Å²) in [6.45, 7) is 1.04. The number of halogens is 2. The first-order valence-corrected chi connectivity index (χ1v) is 11.4. The predicted octanol–water partition coefficient (Wildman–Crippen LogP) is 4.34. The summed E-state index contributed by atoms with van der Waals surface area (Å²) in [6, 6.07) is 10.2. The highest BCUT2D eigenvalue weighted by Crippen LogP contribution is 2.38. The zero-order valence-electron chi connectivity index (χ0n) is 13.3. The Morgan fingerprint density at radius 1 is 1.12 bits per heavy atom. The second-order valence-corrected chi connectivity index (χ2v) is 8.69.